The fourth-order valence-electron chi connectivity index (χ4n) is 3.24. The summed E-state index contributed by atoms with van der Waals surface area (Å²) in [6.07, 6.45) is 1.88. The number of para-hydroxylation sites is 1. The van der Waals surface area contributed by atoms with E-state index in [9.17, 15) is 9.59 Å². The van der Waals surface area contributed by atoms with Crippen molar-refractivity contribution < 1.29 is 14.3 Å². The Hall–Kier alpha value is -2.53. The van der Waals surface area contributed by atoms with Gasteiger partial charge in [0.2, 0.25) is 5.91 Å². The van der Waals surface area contributed by atoms with Crippen LogP contribution >= 0.6 is 11.6 Å². The molecule has 168 valence electrons. The minimum absolute atomic E-state index is 0.152. The van der Waals surface area contributed by atoms with Gasteiger partial charge in [0.25, 0.3) is 5.91 Å². The van der Waals surface area contributed by atoms with Crippen molar-refractivity contribution >= 4 is 23.4 Å². The Balaban J connectivity index is 2.17. The Morgan fingerprint density at radius 1 is 1.06 bits per heavy atom. The van der Waals surface area contributed by atoms with E-state index in [4.69, 9.17) is 16.3 Å². The van der Waals surface area contributed by atoms with E-state index in [0.29, 0.717) is 17.3 Å². The zero-order valence-electron chi connectivity index (χ0n) is 18.9. The number of carbonyl (C=O) groups is 2. The lowest BCUT2D eigenvalue weighted by molar-refractivity contribution is -0.142. The molecule has 0 aliphatic carbocycles. The van der Waals surface area contributed by atoms with Crippen LogP contribution in [0.15, 0.2) is 48.5 Å². The van der Waals surface area contributed by atoms with Crippen LogP contribution in [0.3, 0.4) is 0 Å². The summed E-state index contributed by atoms with van der Waals surface area (Å²) < 4.78 is 5.88. The Kier molecular flexibility index (Phi) is 9.86. The molecule has 1 unspecified atom stereocenters. The number of unbranched alkanes of at least 4 members (excludes halogenated alkanes) is 1. The molecule has 31 heavy (non-hydrogen) atoms. The van der Waals surface area contributed by atoms with E-state index in [1.807, 2.05) is 42.5 Å². The number of halogens is 1. The van der Waals surface area contributed by atoms with Gasteiger partial charge in [-0.2, -0.15) is 0 Å². The number of nitrogens with one attached hydrogen (secondary N) is 1. The van der Waals surface area contributed by atoms with E-state index in [0.717, 1.165) is 24.0 Å². The maximum atomic E-state index is 13.2. The van der Waals surface area contributed by atoms with Crippen LogP contribution in [0, 0.1) is 0 Å². The molecule has 0 fully saturated rings. The Labute approximate surface area is 190 Å². The molecule has 0 heterocycles. The summed E-state index contributed by atoms with van der Waals surface area (Å²) in [5.74, 6) is 0.505. The topological polar surface area (TPSA) is 58.6 Å². The normalized spacial score (nSPS) is 11.8. The standard InChI is InChI=1S/C25H33ClN2O3/c1-5-6-15-27-25(30)19(4)28(16-20-11-7-9-13-22(20)26)24(29)17-31-23-14-10-8-12-21(23)18(2)3/h7-14,18-19H,5-6,15-17H2,1-4H3,(H,27,30). The van der Waals surface area contributed by atoms with Gasteiger partial charge >= 0.3 is 0 Å². The van der Waals surface area contributed by atoms with Gasteiger partial charge in [-0.1, -0.05) is 75.2 Å². The van der Waals surface area contributed by atoms with Crippen molar-refractivity contribution in [3.8, 4) is 5.75 Å². The first-order valence-corrected chi connectivity index (χ1v) is 11.2. The average Bonchev–Trinajstić information content (AvgIpc) is 2.76. The van der Waals surface area contributed by atoms with Crippen molar-refractivity contribution in [2.75, 3.05) is 13.2 Å². The first-order valence-electron chi connectivity index (χ1n) is 10.9. The van der Waals surface area contributed by atoms with Crippen molar-refractivity contribution in [3.63, 3.8) is 0 Å². The number of hydrogen-bond donors (Lipinski definition) is 1. The number of amides is 2. The summed E-state index contributed by atoms with van der Waals surface area (Å²) in [7, 11) is 0. The quantitative estimate of drug-likeness (QED) is 0.486. The Morgan fingerprint density at radius 3 is 2.42 bits per heavy atom. The molecule has 2 rings (SSSR count). The molecule has 2 amide bonds. The van der Waals surface area contributed by atoms with Crippen LogP contribution in [-0.2, 0) is 16.1 Å². The van der Waals surface area contributed by atoms with Gasteiger partial charge in [-0.15, -0.1) is 0 Å². The van der Waals surface area contributed by atoms with Gasteiger partial charge in [0.15, 0.2) is 6.61 Å². The van der Waals surface area contributed by atoms with Crippen molar-refractivity contribution in [2.45, 2.75) is 59.0 Å². The number of benzene rings is 2. The third-order valence-corrected chi connectivity index (χ3v) is 5.56. The molecule has 0 aliphatic rings. The summed E-state index contributed by atoms with van der Waals surface area (Å²) in [5, 5.41) is 3.47. The first-order chi connectivity index (χ1) is 14.8. The van der Waals surface area contributed by atoms with Crippen LogP contribution in [-0.4, -0.2) is 35.9 Å². The van der Waals surface area contributed by atoms with Crippen molar-refractivity contribution in [1.29, 1.82) is 0 Å². The molecule has 0 saturated heterocycles. The molecule has 0 saturated carbocycles. The summed E-state index contributed by atoms with van der Waals surface area (Å²) in [4.78, 5) is 27.4. The Bertz CT molecular complexity index is 869. The Morgan fingerprint density at radius 2 is 1.74 bits per heavy atom. The number of hydrogen-bond acceptors (Lipinski definition) is 3. The van der Waals surface area contributed by atoms with Crippen LogP contribution in [0.1, 0.15) is 57.6 Å². The molecule has 1 atom stereocenters. The van der Waals surface area contributed by atoms with Gasteiger partial charge in [0, 0.05) is 18.1 Å². The molecule has 1 N–H and O–H groups in total. The number of rotatable bonds is 11. The van der Waals surface area contributed by atoms with E-state index in [-0.39, 0.29) is 30.9 Å². The average molecular weight is 445 g/mol. The summed E-state index contributed by atoms with van der Waals surface area (Å²) in [6, 6.07) is 14.4. The van der Waals surface area contributed by atoms with E-state index in [1.165, 1.54) is 4.90 Å². The van der Waals surface area contributed by atoms with Crippen LogP contribution in [0.4, 0.5) is 0 Å². The van der Waals surface area contributed by atoms with Gasteiger partial charge < -0.3 is 15.0 Å². The summed E-state index contributed by atoms with van der Waals surface area (Å²) in [6.45, 7) is 8.63. The molecule has 6 heteroatoms. The zero-order valence-corrected chi connectivity index (χ0v) is 19.6. The second-order valence-electron chi connectivity index (χ2n) is 7.91. The SMILES string of the molecule is CCCCNC(=O)C(C)N(Cc1ccccc1Cl)C(=O)COc1ccccc1C(C)C. The highest BCUT2D eigenvalue weighted by Gasteiger charge is 2.27. The van der Waals surface area contributed by atoms with E-state index < -0.39 is 6.04 Å². The zero-order chi connectivity index (χ0) is 22.8. The molecular weight excluding hydrogens is 412 g/mol. The van der Waals surface area contributed by atoms with E-state index >= 15 is 0 Å². The first kappa shape index (κ1) is 24.7. The molecular formula is C25H33ClN2O3. The third kappa shape index (κ3) is 7.28. The van der Waals surface area contributed by atoms with E-state index in [2.05, 4.69) is 26.1 Å². The van der Waals surface area contributed by atoms with E-state index in [1.54, 1.807) is 13.0 Å². The number of ether oxygens (including phenoxy) is 1. The monoisotopic (exact) mass is 444 g/mol. The maximum Gasteiger partial charge on any atom is 0.261 e. The fraction of sp³-hybridized carbons (Fsp3) is 0.440. The van der Waals surface area contributed by atoms with Crippen LogP contribution in [0.25, 0.3) is 0 Å². The van der Waals surface area contributed by atoms with Crippen molar-refractivity contribution in [2.24, 2.45) is 0 Å². The van der Waals surface area contributed by atoms with Gasteiger partial charge in [0.1, 0.15) is 11.8 Å². The fourth-order valence-corrected chi connectivity index (χ4v) is 3.44. The lowest BCUT2D eigenvalue weighted by Crippen LogP contribution is -2.49. The lowest BCUT2D eigenvalue weighted by atomic mass is 10.0. The summed E-state index contributed by atoms with van der Waals surface area (Å²) >= 11 is 6.32. The number of carbonyl (C=O) groups excluding carboxylic acids is 2. The highest BCUT2D eigenvalue weighted by Crippen LogP contribution is 2.26. The van der Waals surface area contributed by atoms with Gasteiger partial charge in [-0.25, -0.2) is 0 Å². The molecule has 0 spiro atoms. The maximum absolute atomic E-state index is 13.2. The molecule has 0 aliphatic heterocycles. The molecule has 0 aromatic heterocycles. The smallest absolute Gasteiger partial charge is 0.261 e. The van der Waals surface area contributed by atoms with Gasteiger partial charge in [-0.3, -0.25) is 9.59 Å². The van der Waals surface area contributed by atoms with Crippen LogP contribution in [0.2, 0.25) is 5.02 Å². The molecule has 5 nitrogen and oxygen atoms in total. The van der Waals surface area contributed by atoms with Gasteiger partial charge in [-0.05, 0) is 42.5 Å². The second kappa shape index (κ2) is 12.4. The highest BCUT2D eigenvalue weighted by atomic mass is 35.5. The molecule has 0 bridgehead atoms. The van der Waals surface area contributed by atoms with Gasteiger partial charge in [0.05, 0.1) is 0 Å². The predicted octanol–water partition coefficient (Wildman–Crippen LogP) is 5.18. The predicted molar refractivity (Wildman–Crippen MR) is 125 cm³/mol. The highest BCUT2D eigenvalue weighted by molar-refractivity contribution is 6.31. The number of nitrogens with zero attached hydrogens (tertiary/aromatic N) is 1. The lowest BCUT2D eigenvalue weighted by Gasteiger charge is -2.29. The summed E-state index contributed by atoms with van der Waals surface area (Å²) in [5.41, 5.74) is 1.83. The minimum atomic E-state index is -0.649. The largest absolute Gasteiger partial charge is 0.483 e. The second-order valence-corrected chi connectivity index (χ2v) is 8.32. The molecule has 2 aromatic carbocycles. The van der Waals surface area contributed by atoms with Crippen LogP contribution in [0.5, 0.6) is 5.75 Å². The molecule has 0 radical (unpaired) electrons. The third-order valence-electron chi connectivity index (χ3n) is 5.19. The minimum Gasteiger partial charge on any atom is -0.483 e. The van der Waals surface area contributed by atoms with Crippen molar-refractivity contribution in [1.82, 2.24) is 10.2 Å². The molecule has 2 aromatic rings. The van der Waals surface area contributed by atoms with Crippen molar-refractivity contribution in [3.05, 3.63) is 64.7 Å². The van der Waals surface area contributed by atoms with Crippen LogP contribution < -0.4 is 10.1 Å².